The molecule has 1 aromatic carbocycles. The van der Waals surface area contributed by atoms with Crippen LogP contribution in [0.5, 0.6) is 0 Å². The van der Waals surface area contributed by atoms with Crippen LogP contribution in [0.3, 0.4) is 0 Å². The van der Waals surface area contributed by atoms with Crippen LogP contribution in [0.2, 0.25) is 0 Å². The van der Waals surface area contributed by atoms with Gasteiger partial charge in [-0.15, -0.1) is 0 Å². The maximum Gasteiger partial charge on any atom is 0.223 e. The van der Waals surface area contributed by atoms with E-state index in [-0.39, 0.29) is 11.7 Å². The van der Waals surface area contributed by atoms with Gasteiger partial charge in [0.05, 0.1) is 23.2 Å². The second kappa shape index (κ2) is 7.56. The predicted molar refractivity (Wildman–Crippen MR) is 101 cm³/mol. The Labute approximate surface area is 158 Å². The van der Waals surface area contributed by atoms with Gasteiger partial charge in [-0.05, 0) is 57.0 Å². The van der Waals surface area contributed by atoms with Crippen molar-refractivity contribution >= 4 is 16.9 Å². The minimum Gasteiger partial charge on any atom is -0.387 e. The fraction of sp³-hybridized carbons (Fsp3) is 0.600. The minimum absolute atomic E-state index is 0.0428. The van der Waals surface area contributed by atoms with E-state index in [4.69, 9.17) is 0 Å². The first kappa shape index (κ1) is 18.4. The molecular formula is C20H27FN4O2. The number of carbonyl (C=O) groups excluding carboxylic acids is 1. The van der Waals surface area contributed by atoms with Gasteiger partial charge >= 0.3 is 0 Å². The summed E-state index contributed by atoms with van der Waals surface area (Å²) in [6.07, 6.45) is 4.79. The molecule has 146 valence electrons. The number of aryl methyl sites for hydroxylation is 1. The Hall–Kier alpha value is -1.99. The van der Waals surface area contributed by atoms with Crippen molar-refractivity contribution in [2.45, 2.75) is 44.1 Å². The van der Waals surface area contributed by atoms with Gasteiger partial charge in [-0.2, -0.15) is 0 Å². The number of halogens is 1. The highest BCUT2D eigenvalue weighted by molar-refractivity contribution is 5.77. The molecular weight excluding hydrogens is 347 g/mol. The summed E-state index contributed by atoms with van der Waals surface area (Å²) in [4.78, 5) is 24.3. The van der Waals surface area contributed by atoms with E-state index in [1.165, 1.54) is 25.0 Å². The zero-order valence-electron chi connectivity index (χ0n) is 15.6. The minimum atomic E-state index is -0.796. The first-order chi connectivity index (χ1) is 13.0. The highest BCUT2D eigenvalue weighted by Gasteiger charge is 2.37. The smallest absolute Gasteiger partial charge is 0.223 e. The summed E-state index contributed by atoms with van der Waals surface area (Å²) >= 11 is 0. The molecule has 4 rings (SSSR count). The lowest BCUT2D eigenvalue weighted by Crippen LogP contribution is -2.55. The van der Waals surface area contributed by atoms with Crippen LogP contribution in [0.15, 0.2) is 18.2 Å². The summed E-state index contributed by atoms with van der Waals surface area (Å²) in [7, 11) is 0. The molecule has 0 bridgehead atoms. The zero-order valence-corrected chi connectivity index (χ0v) is 15.6. The molecule has 0 saturated carbocycles. The lowest BCUT2D eigenvalue weighted by molar-refractivity contribution is -0.139. The van der Waals surface area contributed by atoms with Crippen LogP contribution in [0.1, 0.15) is 37.9 Å². The molecule has 1 unspecified atom stereocenters. The molecule has 2 aliphatic heterocycles. The van der Waals surface area contributed by atoms with Gasteiger partial charge in [0, 0.05) is 25.9 Å². The summed E-state index contributed by atoms with van der Waals surface area (Å²) in [6, 6.07) is 4.43. The number of amides is 1. The van der Waals surface area contributed by atoms with Gasteiger partial charge in [-0.1, -0.05) is 0 Å². The third-order valence-electron chi connectivity index (χ3n) is 5.69. The maximum absolute atomic E-state index is 13.3. The monoisotopic (exact) mass is 374 g/mol. The van der Waals surface area contributed by atoms with Crippen molar-refractivity contribution in [2.24, 2.45) is 0 Å². The van der Waals surface area contributed by atoms with Gasteiger partial charge in [0.25, 0.3) is 0 Å². The topological polar surface area (TPSA) is 72.5 Å². The number of aliphatic hydroxyl groups is 1. The third kappa shape index (κ3) is 4.30. The Kier molecular flexibility index (Phi) is 5.14. The molecule has 2 fully saturated rings. The Balaban J connectivity index is 1.34. The summed E-state index contributed by atoms with van der Waals surface area (Å²) in [5, 5.41) is 11.0. The molecule has 0 aliphatic carbocycles. The molecule has 6 nitrogen and oxygen atoms in total. The van der Waals surface area contributed by atoms with E-state index in [9.17, 15) is 14.3 Å². The molecule has 0 radical (unpaired) electrons. The summed E-state index contributed by atoms with van der Waals surface area (Å²) in [5.74, 6) is 0.425. The third-order valence-corrected chi connectivity index (χ3v) is 5.69. The van der Waals surface area contributed by atoms with Crippen LogP contribution >= 0.6 is 0 Å². The van der Waals surface area contributed by atoms with Gasteiger partial charge in [-0.3, -0.25) is 4.79 Å². The number of fused-ring (bicyclic) bond motifs is 1. The molecule has 1 atom stereocenters. The number of nitrogens with one attached hydrogen (secondary N) is 1. The zero-order chi connectivity index (χ0) is 18.9. The number of β-amino-alcohol motifs (C(OH)–C–C–N with tert-alkyl or cyclic N) is 1. The average molecular weight is 374 g/mol. The molecule has 1 amide bonds. The maximum atomic E-state index is 13.3. The largest absolute Gasteiger partial charge is 0.387 e. The average Bonchev–Trinajstić information content (AvgIpc) is 3.28. The van der Waals surface area contributed by atoms with E-state index in [0.29, 0.717) is 49.3 Å². The molecule has 2 aliphatic rings. The summed E-state index contributed by atoms with van der Waals surface area (Å²) in [6.45, 7) is 3.86. The van der Waals surface area contributed by atoms with E-state index in [2.05, 4.69) is 14.9 Å². The summed E-state index contributed by atoms with van der Waals surface area (Å²) in [5.41, 5.74) is 0.557. The Morgan fingerprint density at radius 2 is 2.07 bits per heavy atom. The van der Waals surface area contributed by atoms with Crippen molar-refractivity contribution in [2.75, 3.05) is 32.7 Å². The Morgan fingerprint density at radius 1 is 1.26 bits per heavy atom. The SMILES string of the molecule is O=C(CCc1nc2ccc(F)cc2[nH]1)N1CCCC(O)(CN2CCCC2)C1. The van der Waals surface area contributed by atoms with Crippen LogP contribution in [0.4, 0.5) is 4.39 Å². The quantitative estimate of drug-likeness (QED) is 0.841. The van der Waals surface area contributed by atoms with Crippen molar-refractivity contribution in [3.05, 3.63) is 29.8 Å². The number of rotatable bonds is 5. The lowest BCUT2D eigenvalue weighted by atomic mass is 9.92. The predicted octanol–water partition coefficient (Wildman–Crippen LogP) is 2.08. The fourth-order valence-corrected chi connectivity index (χ4v) is 4.35. The van der Waals surface area contributed by atoms with Crippen molar-refractivity contribution in [1.82, 2.24) is 19.8 Å². The van der Waals surface area contributed by atoms with E-state index < -0.39 is 5.60 Å². The van der Waals surface area contributed by atoms with Crippen molar-refractivity contribution in [3.8, 4) is 0 Å². The number of H-pyrrole nitrogens is 1. The number of benzene rings is 1. The standard InChI is InChI=1S/C20H27FN4O2/c21-15-4-5-16-17(12-15)23-18(22-16)6-7-19(26)25-11-3-8-20(27,14-25)13-24-9-1-2-10-24/h4-5,12,27H,1-3,6-11,13-14H2,(H,22,23). The molecule has 27 heavy (non-hydrogen) atoms. The number of likely N-dealkylation sites (tertiary alicyclic amines) is 2. The van der Waals surface area contributed by atoms with Crippen LogP contribution in [0, 0.1) is 5.82 Å². The van der Waals surface area contributed by atoms with Crippen molar-refractivity contribution < 1.29 is 14.3 Å². The van der Waals surface area contributed by atoms with Gasteiger partial charge in [0.1, 0.15) is 11.6 Å². The number of imidazole rings is 1. The number of piperidine rings is 1. The lowest BCUT2D eigenvalue weighted by Gasteiger charge is -2.41. The second-order valence-electron chi connectivity index (χ2n) is 7.97. The van der Waals surface area contributed by atoms with Crippen molar-refractivity contribution in [3.63, 3.8) is 0 Å². The van der Waals surface area contributed by atoms with Gasteiger partial charge < -0.3 is 19.9 Å². The van der Waals surface area contributed by atoms with E-state index >= 15 is 0 Å². The molecule has 0 spiro atoms. The number of aromatic amines is 1. The van der Waals surface area contributed by atoms with Gasteiger partial charge in [0.15, 0.2) is 0 Å². The summed E-state index contributed by atoms with van der Waals surface area (Å²) < 4.78 is 13.3. The molecule has 3 heterocycles. The van der Waals surface area contributed by atoms with Crippen LogP contribution < -0.4 is 0 Å². The molecule has 2 saturated heterocycles. The second-order valence-corrected chi connectivity index (χ2v) is 7.97. The van der Waals surface area contributed by atoms with Crippen LogP contribution in [-0.4, -0.2) is 69.1 Å². The number of nitrogens with zero attached hydrogens (tertiary/aromatic N) is 3. The molecule has 1 aromatic heterocycles. The first-order valence-electron chi connectivity index (χ1n) is 9.87. The van der Waals surface area contributed by atoms with Gasteiger partial charge in [0.2, 0.25) is 5.91 Å². The Bertz CT molecular complexity index is 817. The van der Waals surface area contributed by atoms with Crippen LogP contribution in [0.25, 0.3) is 11.0 Å². The van der Waals surface area contributed by atoms with Gasteiger partial charge in [-0.25, -0.2) is 9.37 Å². The number of carbonyl (C=O) groups is 1. The van der Waals surface area contributed by atoms with E-state index in [0.717, 1.165) is 25.9 Å². The van der Waals surface area contributed by atoms with E-state index in [1.54, 1.807) is 11.0 Å². The molecule has 2 N–H and O–H groups in total. The highest BCUT2D eigenvalue weighted by atomic mass is 19.1. The highest BCUT2D eigenvalue weighted by Crippen LogP contribution is 2.25. The number of aromatic nitrogens is 2. The van der Waals surface area contributed by atoms with E-state index in [1.807, 2.05) is 0 Å². The number of hydrogen-bond donors (Lipinski definition) is 2. The first-order valence-corrected chi connectivity index (χ1v) is 9.87. The van der Waals surface area contributed by atoms with Crippen molar-refractivity contribution in [1.29, 1.82) is 0 Å². The Morgan fingerprint density at radius 3 is 2.89 bits per heavy atom. The normalized spacial score (nSPS) is 24.0. The van der Waals surface area contributed by atoms with Crippen LogP contribution in [-0.2, 0) is 11.2 Å². The number of hydrogen-bond acceptors (Lipinski definition) is 4. The molecule has 2 aromatic rings. The molecule has 7 heteroatoms. The fourth-order valence-electron chi connectivity index (χ4n) is 4.35.